The van der Waals surface area contributed by atoms with Crippen LogP contribution < -0.4 is 20.1 Å². The molecule has 2 N–H and O–H groups in total. The largest absolute Gasteiger partial charge is 0.494 e. The van der Waals surface area contributed by atoms with Crippen molar-refractivity contribution in [3.63, 3.8) is 0 Å². The van der Waals surface area contributed by atoms with E-state index in [2.05, 4.69) is 49.4 Å². The lowest BCUT2D eigenvalue weighted by Gasteiger charge is -2.16. The molecule has 0 aliphatic carbocycles. The van der Waals surface area contributed by atoms with E-state index in [9.17, 15) is 0 Å². The molecule has 1 aromatic carbocycles. The summed E-state index contributed by atoms with van der Waals surface area (Å²) in [5.41, 5.74) is 2.27. The molecule has 2 aliphatic rings. The Kier molecular flexibility index (Phi) is 8.39. The number of fused-ring (bicyclic) bond motifs is 2. The monoisotopic (exact) mass is 540 g/mol. The van der Waals surface area contributed by atoms with Gasteiger partial charge in [-0.3, -0.25) is 4.99 Å². The standard InChI is InChI=1S/C22H32N6O2.HI/c1-4-29-18-11-16-10-15(2)30-19(16)12-17(18)13-24-22(23-3)25-14-21-27-26-20-8-6-5-7-9-28(20)21;/h11-12,15H,4-10,13-14H2,1-3H3,(H2,23,24,25);1H. The molecular formula is C22H33IN6O2. The number of aliphatic imine (C=N–C) groups is 1. The van der Waals surface area contributed by atoms with Crippen molar-refractivity contribution in [2.75, 3.05) is 13.7 Å². The highest BCUT2D eigenvalue weighted by atomic mass is 127. The molecule has 0 spiro atoms. The summed E-state index contributed by atoms with van der Waals surface area (Å²) in [4.78, 5) is 4.36. The fourth-order valence-electron chi connectivity index (χ4n) is 4.15. The number of rotatable bonds is 6. The first-order valence-corrected chi connectivity index (χ1v) is 11.0. The summed E-state index contributed by atoms with van der Waals surface area (Å²) in [6.07, 6.45) is 5.79. The lowest BCUT2D eigenvalue weighted by atomic mass is 10.1. The van der Waals surface area contributed by atoms with Crippen LogP contribution in [-0.2, 0) is 32.5 Å². The maximum absolute atomic E-state index is 5.93. The van der Waals surface area contributed by atoms with Gasteiger partial charge in [0, 0.05) is 44.1 Å². The van der Waals surface area contributed by atoms with E-state index in [4.69, 9.17) is 9.47 Å². The lowest BCUT2D eigenvalue weighted by molar-refractivity contribution is 0.254. The molecule has 0 saturated heterocycles. The molecule has 8 nitrogen and oxygen atoms in total. The highest BCUT2D eigenvalue weighted by molar-refractivity contribution is 14.0. The number of hydrogen-bond acceptors (Lipinski definition) is 5. The van der Waals surface area contributed by atoms with E-state index in [0.29, 0.717) is 19.7 Å². The SMILES string of the molecule is CCOc1cc2c(cc1CNC(=NC)NCc1nnc3n1CCCCC3)OC(C)C2.I. The van der Waals surface area contributed by atoms with Gasteiger partial charge in [0.1, 0.15) is 23.4 Å². The highest BCUT2D eigenvalue weighted by Gasteiger charge is 2.22. The molecule has 0 bridgehead atoms. The Hall–Kier alpha value is -2.04. The van der Waals surface area contributed by atoms with E-state index in [1.165, 1.54) is 24.8 Å². The van der Waals surface area contributed by atoms with Gasteiger partial charge < -0.3 is 24.7 Å². The second-order valence-electron chi connectivity index (χ2n) is 7.91. The van der Waals surface area contributed by atoms with Gasteiger partial charge >= 0.3 is 0 Å². The zero-order valence-electron chi connectivity index (χ0n) is 18.6. The van der Waals surface area contributed by atoms with Crippen molar-refractivity contribution >= 4 is 29.9 Å². The van der Waals surface area contributed by atoms with Crippen LogP contribution in [0.5, 0.6) is 11.5 Å². The van der Waals surface area contributed by atoms with E-state index >= 15 is 0 Å². The predicted molar refractivity (Wildman–Crippen MR) is 131 cm³/mol. The summed E-state index contributed by atoms with van der Waals surface area (Å²) in [5.74, 6) is 4.64. The molecule has 0 amide bonds. The van der Waals surface area contributed by atoms with Gasteiger partial charge in [0.15, 0.2) is 11.8 Å². The number of benzene rings is 1. The van der Waals surface area contributed by atoms with Crippen molar-refractivity contribution in [2.24, 2.45) is 4.99 Å². The minimum absolute atomic E-state index is 0. The Bertz CT molecular complexity index is 914. The van der Waals surface area contributed by atoms with Gasteiger partial charge in [0.25, 0.3) is 0 Å². The molecule has 2 aliphatic heterocycles. The molecule has 3 heterocycles. The van der Waals surface area contributed by atoms with Crippen LogP contribution in [0.1, 0.15) is 55.9 Å². The summed E-state index contributed by atoms with van der Waals surface area (Å²) in [6.45, 7) is 6.92. The van der Waals surface area contributed by atoms with Gasteiger partial charge in [0.2, 0.25) is 0 Å². The number of ether oxygens (including phenoxy) is 2. The summed E-state index contributed by atoms with van der Waals surface area (Å²) in [5, 5.41) is 15.5. The van der Waals surface area contributed by atoms with Crippen LogP contribution in [0, 0.1) is 0 Å². The predicted octanol–water partition coefficient (Wildman–Crippen LogP) is 3.21. The van der Waals surface area contributed by atoms with Crippen LogP contribution in [-0.4, -0.2) is 40.5 Å². The quantitative estimate of drug-likeness (QED) is 0.333. The third-order valence-electron chi connectivity index (χ3n) is 5.65. The van der Waals surface area contributed by atoms with Crippen LogP contribution in [0.4, 0.5) is 0 Å². The highest BCUT2D eigenvalue weighted by Crippen LogP contribution is 2.35. The van der Waals surface area contributed by atoms with Crippen molar-refractivity contribution in [3.8, 4) is 11.5 Å². The Morgan fingerprint density at radius 2 is 2.06 bits per heavy atom. The number of aromatic nitrogens is 3. The third kappa shape index (κ3) is 5.61. The molecule has 1 aromatic heterocycles. The number of nitrogens with zero attached hydrogens (tertiary/aromatic N) is 4. The smallest absolute Gasteiger partial charge is 0.191 e. The van der Waals surface area contributed by atoms with E-state index in [1.54, 1.807) is 7.05 Å². The number of nitrogens with one attached hydrogen (secondary N) is 2. The van der Waals surface area contributed by atoms with Crippen molar-refractivity contribution in [1.82, 2.24) is 25.4 Å². The third-order valence-corrected chi connectivity index (χ3v) is 5.65. The van der Waals surface area contributed by atoms with E-state index < -0.39 is 0 Å². The van der Waals surface area contributed by atoms with Crippen molar-refractivity contribution in [1.29, 1.82) is 0 Å². The van der Waals surface area contributed by atoms with E-state index in [0.717, 1.165) is 54.1 Å². The number of aryl methyl sites for hydroxylation is 1. The number of hydrogen-bond donors (Lipinski definition) is 2. The molecule has 1 atom stereocenters. The van der Waals surface area contributed by atoms with Gasteiger partial charge in [-0.25, -0.2) is 0 Å². The van der Waals surface area contributed by atoms with Gasteiger partial charge in [-0.1, -0.05) is 6.42 Å². The summed E-state index contributed by atoms with van der Waals surface area (Å²) >= 11 is 0. The minimum atomic E-state index is 0. The Labute approximate surface area is 201 Å². The number of halogens is 1. The topological polar surface area (TPSA) is 85.6 Å². The summed E-state index contributed by atoms with van der Waals surface area (Å²) in [6, 6.07) is 4.20. The first-order valence-electron chi connectivity index (χ1n) is 11.0. The van der Waals surface area contributed by atoms with Crippen LogP contribution in [0.25, 0.3) is 0 Å². The molecule has 9 heteroatoms. The first kappa shape index (κ1) is 23.6. The molecule has 31 heavy (non-hydrogen) atoms. The molecule has 0 radical (unpaired) electrons. The molecule has 1 unspecified atom stereocenters. The summed E-state index contributed by atoms with van der Waals surface area (Å²) < 4.78 is 14.1. The van der Waals surface area contributed by atoms with Crippen LogP contribution >= 0.6 is 24.0 Å². The van der Waals surface area contributed by atoms with Crippen molar-refractivity contribution in [2.45, 2.75) is 71.7 Å². The molecule has 4 rings (SSSR count). The van der Waals surface area contributed by atoms with Crippen molar-refractivity contribution < 1.29 is 9.47 Å². The first-order chi connectivity index (χ1) is 14.7. The average molecular weight is 540 g/mol. The zero-order valence-corrected chi connectivity index (χ0v) is 20.9. The second-order valence-corrected chi connectivity index (χ2v) is 7.91. The van der Waals surface area contributed by atoms with E-state index in [-0.39, 0.29) is 30.1 Å². The maximum atomic E-state index is 5.93. The maximum Gasteiger partial charge on any atom is 0.191 e. The Morgan fingerprint density at radius 3 is 2.87 bits per heavy atom. The lowest BCUT2D eigenvalue weighted by Crippen LogP contribution is -2.37. The van der Waals surface area contributed by atoms with E-state index in [1.807, 2.05) is 6.92 Å². The van der Waals surface area contributed by atoms with Crippen LogP contribution in [0.3, 0.4) is 0 Å². The van der Waals surface area contributed by atoms with Gasteiger partial charge in [-0.2, -0.15) is 0 Å². The molecule has 170 valence electrons. The molecular weight excluding hydrogens is 507 g/mol. The molecule has 2 aromatic rings. The van der Waals surface area contributed by atoms with Gasteiger partial charge in [-0.05, 0) is 38.8 Å². The van der Waals surface area contributed by atoms with Crippen LogP contribution in [0.2, 0.25) is 0 Å². The van der Waals surface area contributed by atoms with Crippen LogP contribution in [0.15, 0.2) is 17.1 Å². The number of guanidine groups is 1. The second kappa shape index (κ2) is 11.0. The fraction of sp³-hybridized carbons (Fsp3) is 0.591. The van der Waals surface area contributed by atoms with Gasteiger partial charge in [0.05, 0.1) is 13.2 Å². The van der Waals surface area contributed by atoms with Crippen molar-refractivity contribution in [3.05, 3.63) is 34.9 Å². The summed E-state index contributed by atoms with van der Waals surface area (Å²) in [7, 11) is 1.77. The molecule has 0 saturated carbocycles. The normalized spacial score (nSPS) is 17.6. The molecule has 0 fully saturated rings. The Morgan fingerprint density at radius 1 is 1.23 bits per heavy atom. The minimum Gasteiger partial charge on any atom is -0.494 e. The fourth-order valence-corrected chi connectivity index (χ4v) is 4.15. The zero-order chi connectivity index (χ0) is 20.9. The van der Waals surface area contributed by atoms with Gasteiger partial charge in [-0.15, -0.1) is 34.2 Å². The Balaban J connectivity index is 0.00000272. The average Bonchev–Trinajstić information content (AvgIpc) is 3.20.